The third-order valence-corrected chi connectivity index (χ3v) is 3.30. The summed E-state index contributed by atoms with van der Waals surface area (Å²) < 4.78 is 5.56. The molecular weight excluding hydrogens is 258 g/mol. The van der Waals surface area contributed by atoms with Gasteiger partial charge in [0, 0.05) is 31.3 Å². The fraction of sp³-hybridized carbons (Fsp3) is 0.643. The molecule has 1 atom stereocenters. The predicted molar refractivity (Wildman–Crippen MR) is 75.1 cm³/mol. The normalized spacial score (nSPS) is 18.3. The lowest BCUT2D eigenvalue weighted by Gasteiger charge is -2.17. The molecule has 0 amide bonds. The summed E-state index contributed by atoms with van der Waals surface area (Å²) in [6, 6.07) is 1.82. The molecule has 0 radical (unpaired) electrons. The lowest BCUT2D eigenvalue weighted by Crippen LogP contribution is -2.23. The maximum atomic E-state index is 10.8. The minimum absolute atomic E-state index is 0.177. The number of carbonyl (C=O) groups is 1. The molecule has 1 aromatic rings. The van der Waals surface area contributed by atoms with Crippen LogP contribution < -0.4 is 9.64 Å². The van der Waals surface area contributed by atoms with Crippen LogP contribution in [0.1, 0.15) is 31.9 Å². The summed E-state index contributed by atoms with van der Waals surface area (Å²) in [6.07, 6.45) is 2.01. The number of hydrogen-bond donors (Lipinski definition) is 1. The Morgan fingerprint density at radius 1 is 1.55 bits per heavy atom. The lowest BCUT2D eigenvalue weighted by atomic mass is 10.1. The zero-order chi connectivity index (χ0) is 14.5. The van der Waals surface area contributed by atoms with Gasteiger partial charge in [-0.1, -0.05) is 6.92 Å². The van der Waals surface area contributed by atoms with E-state index in [-0.39, 0.29) is 12.3 Å². The number of aromatic nitrogens is 2. The van der Waals surface area contributed by atoms with Crippen LogP contribution in [0.15, 0.2) is 6.07 Å². The Bertz CT molecular complexity index is 479. The summed E-state index contributed by atoms with van der Waals surface area (Å²) in [5.41, 5.74) is 0.864. The van der Waals surface area contributed by atoms with Crippen molar-refractivity contribution in [3.05, 3.63) is 11.8 Å². The van der Waals surface area contributed by atoms with Gasteiger partial charge in [0.2, 0.25) is 11.8 Å². The van der Waals surface area contributed by atoms with Crippen LogP contribution in [0.4, 0.5) is 5.95 Å². The quantitative estimate of drug-likeness (QED) is 0.856. The van der Waals surface area contributed by atoms with E-state index in [1.807, 2.05) is 24.8 Å². The highest BCUT2D eigenvalue weighted by Crippen LogP contribution is 2.24. The maximum Gasteiger partial charge on any atom is 0.303 e. The molecule has 1 N–H and O–H groups in total. The summed E-state index contributed by atoms with van der Waals surface area (Å²) in [7, 11) is 0. The maximum absolute atomic E-state index is 10.8. The highest BCUT2D eigenvalue weighted by atomic mass is 16.5. The average Bonchev–Trinajstić information content (AvgIpc) is 2.83. The van der Waals surface area contributed by atoms with Crippen LogP contribution in [0.5, 0.6) is 5.88 Å². The van der Waals surface area contributed by atoms with E-state index >= 15 is 0 Å². The van der Waals surface area contributed by atoms with Crippen molar-refractivity contribution in [3.8, 4) is 5.88 Å². The van der Waals surface area contributed by atoms with Crippen molar-refractivity contribution in [1.29, 1.82) is 0 Å². The van der Waals surface area contributed by atoms with E-state index in [0.29, 0.717) is 25.0 Å². The van der Waals surface area contributed by atoms with E-state index in [9.17, 15) is 4.79 Å². The molecule has 0 saturated carbocycles. The van der Waals surface area contributed by atoms with Crippen LogP contribution in [0.25, 0.3) is 0 Å². The molecule has 1 aliphatic heterocycles. The first-order valence-electron chi connectivity index (χ1n) is 7.03. The molecule has 0 aliphatic carbocycles. The van der Waals surface area contributed by atoms with E-state index in [1.165, 1.54) is 0 Å². The van der Waals surface area contributed by atoms with E-state index < -0.39 is 5.97 Å². The van der Waals surface area contributed by atoms with Crippen LogP contribution in [0, 0.1) is 12.8 Å². The average molecular weight is 279 g/mol. The van der Waals surface area contributed by atoms with Gasteiger partial charge < -0.3 is 14.7 Å². The third kappa shape index (κ3) is 3.82. The number of aryl methyl sites for hydroxylation is 1. The monoisotopic (exact) mass is 279 g/mol. The van der Waals surface area contributed by atoms with E-state index in [0.717, 1.165) is 25.1 Å². The fourth-order valence-electron chi connectivity index (χ4n) is 2.37. The van der Waals surface area contributed by atoms with Crippen LogP contribution >= 0.6 is 0 Å². The van der Waals surface area contributed by atoms with Gasteiger partial charge in [0.05, 0.1) is 6.61 Å². The molecule has 2 rings (SSSR count). The van der Waals surface area contributed by atoms with Gasteiger partial charge in [-0.3, -0.25) is 4.79 Å². The van der Waals surface area contributed by atoms with E-state index in [1.54, 1.807) is 0 Å². The van der Waals surface area contributed by atoms with E-state index in [2.05, 4.69) is 9.97 Å². The molecule has 0 bridgehead atoms. The van der Waals surface area contributed by atoms with Crippen molar-refractivity contribution in [2.75, 3.05) is 24.6 Å². The molecule has 0 spiro atoms. The Morgan fingerprint density at radius 3 is 3.05 bits per heavy atom. The van der Waals surface area contributed by atoms with Crippen molar-refractivity contribution in [2.45, 2.75) is 33.1 Å². The number of carboxylic acids is 1. The van der Waals surface area contributed by atoms with Gasteiger partial charge >= 0.3 is 5.97 Å². The van der Waals surface area contributed by atoms with E-state index in [4.69, 9.17) is 9.84 Å². The second-order valence-electron chi connectivity index (χ2n) is 5.19. The predicted octanol–water partition coefficient (Wildman–Crippen LogP) is 1.87. The number of anilines is 1. The number of carboxylic acid groups (broad SMARTS) is 1. The Labute approximate surface area is 118 Å². The van der Waals surface area contributed by atoms with Gasteiger partial charge in [-0.25, -0.2) is 4.98 Å². The van der Waals surface area contributed by atoms with Crippen molar-refractivity contribution < 1.29 is 14.6 Å². The second-order valence-corrected chi connectivity index (χ2v) is 5.19. The fourth-order valence-corrected chi connectivity index (χ4v) is 2.37. The molecule has 6 nitrogen and oxygen atoms in total. The van der Waals surface area contributed by atoms with Crippen LogP contribution in [0.3, 0.4) is 0 Å². The first kappa shape index (κ1) is 14.6. The zero-order valence-electron chi connectivity index (χ0n) is 12.0. The number of ether oxygens (including phenoxy) is 1. The Morgan fingerprint density at radius 2 is 2.35 bits per heavy atom. The number of aliphatic carboxylic acids is 1. The number of nitrogens with zero attached hydrogens (tertiary/aromatic N) is 3. The lowest BCUT2D eigenvalue weighted by molar-refractivity contribution is -0.137. The van der Waals surface area contributed by atoms with Gasteiger partial charge in [-0.15, -0.1) is 0 Å². The highest BCUT2D eigenvalue weighted by molar-refractivity contribution is 5.67. The smallest absolute Gasteiger partial charge is 0.303 e. The molecule has 20 heavy (non-hydrogen) atoms. The van der Waals surface area contributed by atoms with Gasteiger partial charge in [0.1, 0.15) is 0 Å². The molecule has 1 aliphatic rings. The van der Waals surface area contributed by atoms with Crippen LogP contribution in [-0.2, 0) is 4.79 Å². The molecule has 0 aromatic carbocycles. The molecule has 1 aromatic heterocycles. The molecule has 1 fully saturated rings. The van der Waals surface area contributed by atoms with Crippen molar-refractivity contribution in [1.82, 2.24) is 9.97 Å². The Hall–Kier alpha value is -1.85. The molecule has 6 heteroatoms. The topological polar surface area (TPSA) is 75.5 Å². The highest BCUT2D eigenvalue weighted by Gasteiger charge is 2.26. The summed E-state index contributed by atoms with van der Waals surface area (Å²) in [4.78, 5) is 21.6. The van der Waals surface area contributed by atoms with Gasteiger partial charge in [0.25, 0.3) is 0 Å². The standard InChI is InChI=1S/C14H21N3O3/c1-3-6-20-12-7-10(2)15-14(16-12)17-5-4-11(9-17)8-13(18)19/h7,11H,3-6,8-9H2,1-2H3,(H,18,19). The first-order valence-corrected chi connectivity index (χ1v) is 7.03. The van der Waals surface area contributed by atoms with Crippen molar-refractivity contribution in [2.24, 2.45) is 5.92 Å². The van der Waals surface area contributed by atoms with Crippen LogP contribution in [0.2, 0.25) is 0 Å². The Balaban J connectivity index is 2.05. The molecular formula is C14H21N3O3. The summed E-state index contributed by atoms with van der Waals surface area (Å²) >= 11 is 0. The summed E-state index contributed by atoms with van der Waals surface area (Å²) in [6.45, 7) is 6.09. The summed E-state index contributed by atoms with van der Waals surface area (Å²) in [5.74, 6) is 0.672. The van der Waals surface area contributed by atoms with Crippen molar-refractivity contribution in [3.63, 3.8) is 0 Å². The minimum Gasteiger partial charge on any atom is -0.481 e. The molecule has 1 saturated heterocycles. The van der Waals surface area contributed by atoms with Gasteiger partial charge in [-0.05, 0) is 25.7 Å². The minimum atomic E-state index is -0.742. The Kier molecular flexibility index (Phi) is 4.76. The second kappa shape index (κ2) is 6.54. The molecule has 1 unspecified atom stereocenters. The first-order chi connectivity index (χ1) is 9.58. The molecule has 2 heterocycles. The number of hydrogen-bond acceptors (Lipinski definition) is 5. The van der Waals surface area contributed by atoms with Gasteiger partial charge in [-0.2, -0.15) is 4.98 Å². The van der Waals surface area contributed by atoms with Crippen molar-refractivity contribution >= 4 is 11.9 Å². The number of rotatable bonds is 6. The van der Waals surface area contributed by atoms with Crippen LogP contribution in [-0.4, -0.2) is 40.7 Å². The summed E-state index contributed by atoms with van der Waals surface area (Å²) in [5, 5.41) is 8.85. The van der Waals surface area contributed by atoms with Gasteiger partial charge in [0.15, 0.2) is 0 Å². The molecule has 110 valence electrons. The third-order valence-electron chi connectivity index (χ3n) is 3.30. The SMILES string of the molecule is CCCOc1cc(C)nc(N2CCC(CC(=O)O)C2)n1. The largest absolute Gasteiger partial charge is 0.481 e. The zero-order valence-corrected chi connectivity index (χ0v) is 12.0.